The minimum Gasteiger partial charge on any atom is -0.385 e. The van der Waals surface area contributed by atoms with E-state index in [0.717, 1.165) is 6.42 Å². The van der Waals surface area contributed by atoms with Crippen LogP contribution >= 0.6 is 0 Å². The van der Waals surface area contributed by atoms with Gasteiger partial charge in [-0.25, -0.2) is 0 Å². The van der Waals surface area contributed by atoms with Crippen molar-refractivity contribution in [1.82, 2.24) is 5.32 Å². The number of hydrogen-bond acceptors (Lipinski definition) is 3. The molecule has 14 heavy (non-hydrogen) atoms. The fraction of sp³-hybridized carbons (Fsp3) is 0.900. The number of hydrogen-bond donors (Lipinski definition) is 2. The molecule has 84 valence electrons. The molecule has 4 nitrogen and oxygen atoms in total. The number of methoxy groups -OCH3 is 1. The summed E-state index contributed by atoms with van der Waals surface area (Å²) >= 11 is 0. The molecule has 0 saturated carbocycles. The standard InChI is InChI=1S/C10H22N2O2/c1-8(7-11)9(2)12-10(13)5-4-6-14-3/h8-9H,4-7,11H2,1-3H3,(H,12,13). The SMILES string of the molecule is COCCCC(=O)NC(C)C(C)CN. The third-order valence-corrected chi connectivity index (χ3v) is 2.37. The molecule has 3 N–H and O–H groups in total. The zero-order valence-corrected chi connectivity index (χ0v) is 9.38. The Morgan fingerprint density at radius 3 is 2.64 bits per heavy atom. The van der Waals surface area contributed by atoms with Crippen LogP contribution in [0.15, 0.2) is 0 Å². The highest BCUT2D eigenvalue weighted by molar-refractivity contribution is 5.76. The Hall–Kier alpha value is -0.610. The summed E-state index contributed by atoms with van der Waals surface area (Å²) in [5.74, 6) is 0.399. The highest BCUT2D eigenvalue weighted by Crippen LogP contribution is 2.00. The van der Waals surface area contributed by atoms with Crippen molar-refractivity contribution >= 4 is 5.91 Å². The molecule has 4 heteroatoms. The van der Waals surface area contributed by atoms with Crippen molar-refractivity contribution in [2.75, 3.05) is 20.3 Å². The van der Waals surface area contributed by atoms with Crippen LogP contribution in [0.5, 0.6) is 0 Å². The molecule has 0 rings (SSSR count). The molecule has 0 aromatic heterocycles. The summed E-state index contributed by atoms with van der Waals surface area (Å²) in [6, 6.07) is 0.148. The number of carbonyl (C=O) groups is 1. The maximum absolute atomic E-state index is 11.3. The van der Waals surface area contributed by atoms with Gasteiger partial charge in [-0.15, -0.1) is 0 Å². The number of carbonyl (C=O) groups excluding carboxylic acids is 1. The Morgan fingerprint density at radius 2 is 2.14 bits per heavy atom. The first-order valence-corrected chi connectivity index (χ1v) is 5.10. The molecule has 1 amide bonds. The summed E-state index contributed by atoms with van der Waals surface area (Å²) in [6.07, 6.45) is 1.29. The van der Waals surface area contributed by atoms with E-state index in [2.05, 4.69) is 5.32 Å². The molecule has 0 radical (unpaired) electrons. The van der Waals surface area contributed by atoms with Crippen LogP contribution in [0.2, 0.25) is 0 Å². The van der Waals surface area contributed by atoms with E-state index in [1.807, 2.05) is 13.8 Å². The van der Waals surface area contributed by atoms with Crippen molar-refractivity contribution in [2.24, 2.45) is 11.7 Å². The van der Waals surface area contributed by atoms with Gasteiger partial charge in [0.15, 0.2) is 0 Å². The monoisotopic (exact) mass is 202 g/mol. The first-order valence-electron chi connectivity index (χ1n) is 5.10. The van der Waals surface area contributed by atoms with E-state index in [9.17, 15) is 4.79 Å². The molecule has 0 bridgehead atoms. The number of nitrogens with one attached hydrogen (secondary N) is 1. The van der Waals surface area contributed by atoms with E-state index in [-0.39, 0.29) is 11.9 Å². The molecule has 0 spiro atoms. The number of nitrogens with two attached hydrogens (primary N) is 1. The van der Waals surface area contributed by atoms with E-state index in [0.29, 0.717) is 25.5 Å². The van der Waals surface area contributed by atoms with Crippen LogP contribution in [0.25, 0.3) is 0 Å². The van der Waals surface area contributed by atoms with Crippen molar-refractivity contribution in [3.05, 3.63) is 0 Å². The number of rotatable bonds is 7. The van der Waals surface area contributed by atoms with Crippen LogP contribution in [-0.4, -0.2) is 32.2 Å². The predicted molar refractivity (Wildman–Crippen MR) is 56.9 cm³/mol. The molecule has 0 saturated heterocycles. The Balaban J connectivity index is 3.60. The number of amides is 1. The minimum absolute atomic E-state index is 0.0786. The molecule has 0 heterocycles. The van der Waals surface area contributed by atoms with Crippen LogP contribution < -0.4 is 11.1 Å². The largest absolute Gasteiger partial charge is 0.385 e. The van der Waals surface area contributed by atoms with E-state index >= 15 is 0 Å². The van der Waals surface area contributed by atoms with E-state index in [1.165, 1.54) is 0 Å². The van der Waals surface area contributed by atoms with Gasteiger partial charge in [0.05, 0.1) is 0 Å². The zero-order valence-electron chi connectivity index (χ0n) is 9.38. The second-order valence-corrected chi connectivity index (χ2v) is 3.67. The van der Waals surface area contributed by atoms with Crippen molar-refractivity contribution in [3.63, 3.8) is 0 Å². The summed E-state index contributed by atoms with van der Waals surface area (Å²) in [7, 11) is 1.64. The summed E-state index contributed by atoms with van der Waals surface area (Å²) < 4.78 is 4.87. The Bertz CT molecular complexity index is 162. The predicted octanol–water partition coefficient (Wildman–Crippen LogP) is 0.513. The van der Waals surface area contributed by atoms with Gasteiger partial charge in [-0.1, -0.05) is 6.92 Å². The quantitative estimate of drug-likeness (QED) is 0.591. The van der Waals surface area contributed by atoms with E-state index in [4.69, 9.17) is 10.5 Å². The smallest absolute Gasteiger partial charge is 0.220 e. The highest BCUT2D eigenvalue weighted by atomic mass is 16.5. The highest BCUT2D eigenvalue weighted by Gasteiger charge is 2.12. The van der Waals surface area contributed by atoms with Gasteiger partial charge in [-0.3, -0.25) is 4.79 Å². The molecule has 0 aliphatic heterocycles. The Morgan fingerprint density at radius 1 is 1.50 bits per heavy atom. The lowest BCUT2D eigenvalue weighted by Crippen LogP contribution is -2.39. The summed E-state index contributed by atoms with van der Waals surface area (Å²) in [6.45, 7) is 5.24. The lowest BCUT2D eigenvalue weighted by molar-refractivity contribution is -0.122. The lowest BCUT2D eigenvalue weighted by Gasteiger charge is -2.19. The fourth-order valence-corrected chi connectivity index (χ4v) is 1.05. The molecule has 0 aromatic carbocycles. The van der Waals surface area contributed by atoms with Crippen LogP contribution in [0.1, 0.15) is 26.7 Å². The van der Waals surface area contributed by atoms with Crippen molar-refractivity contribution in [3.8, 4) is 0 Å². The summed E-state index contributed by atoms with van der Waals surface area (Å²) in [5.41, 5.74) is 5.50. The number of ether oxygens (including phenoxy) is 1. The van der Waals surface area contributed by atoms with Gasteiger partial charge >= 0.3 is 0 Å². The molecule has 0 aliphatic carbocycles. The molecule has 0 aliphatic rings. The van der Waals surface area contributed by atoms with Gasteiger partial charge in [0.1, 0.15) is 0 Å². The third-order valence-electron chi connectivity index (χ3n) is 2.37. The van der Waals surface area contributed by atoms with Crippen LogP contribution in [0, 0.1) is 5.92 Å². The molecule has 2 atom stereocenters. The van der Waals surface area contributed by atoms with Gasteiger partial charge < -0.3 is 15.8 Å². The van der Waals surface area contributed by atoms with Crippen LogP contribution in [0.3, 0.4) is 0 Å². The van der Waals surface area contributed by atoms with Gasteiger partial charge in [-0.2, -0.15) is 0 Å². The Kier molecular flexibility index (Phi) is 7.42. The second-order valence-electron chi connectivity index (χ2n) is 3.67. The minimum atomic E-state index is 0.0786. The van der Waals surface area contributed by atoms with E-state index in [1.54, 1.807) is 7.11 Å². The molecule has 0 fully saturated rings. The molecular formula is C10H22N2O2. The van der Waals surface area contributed by atoms with Gasteiger partial charge in [0, 0.05) is 26.2 Å². The van der Waals surface area contributed by atoms with Gasteiger partial charge in [0.25, 0.3) is 0 Å². The van der Waals surface area contributed by atoms with E-state index < -0.39 is 0 Å². The maximum atomic E-state index is 11.3. The van der Waals surface area contributed by atoms with Gasteiger partial charge in [-0.05, 0) is 25.8 Å². The first kappa shape index (κ1) is 13.4. The summed E-state index contributed by atoms with van der Waals surface area (Å²) in [5, 5.41) is 2.91. The van der Waals surface area contributed by atoms with Gasteiger partial charge in [0.2, 0.25) is 5.91 Å². The third kappa shape index (κ3) is 5.94. The molecule has 0 aromatic rings. The average Bonchev–Trinajstić information content (AvgIpc) is 2.16. The molecule has 2 unspecified atom stereocenters. The zero-order chi connectivity index (χ0) is 11.0. The first-order chi connectivity index (χ1) is 6.61. The maximum Gasteiger partial charge on any atom is 0.220 e. The van der Waals surface area contributed by atoms with Crippen molar-refractivity contribution in [1.29, 1.82) is 0 Å². The van der Waals surface area contributed by atoms with Crippen molar-refractivity contribution in [2.45, 2.75) is 32.7 Å². The average molecular weight is 202 g/mol. The summed E-state index contributed by atoms with van der Waals surface area (Å²) in [4.78, 5) is 11.3. The lowest BCUT2D eigenvalue weighted by atomic mass is 10.0. The Labute approximate surface area is 86.2 Å². The van der Waals surface area contributed by atoms with Crippen LogP contribution in [-0.2, 0) is 9.53 Å². The molecular weight excluding hydrogens is 180 g/mol. The van der Waals surface area contributed by atoms with Crippen LogP contribution in [0.4, 0.5) is 0 Å². The second kappa shape index (κ2) is 7.76. The van der Waals surface area contributed by atoms with Crippen molar-refractivity contribution < 1.29 is 9.53 Å². The normalized spacial score (nSPS) is 14.9. The fourth-order valence-electron chi connectivity index (χ4n) is 1.05. The topological polar surface area (TPSA) is 64.3 Å².